The number of carbonyl (C=O) groups excluding carboxylic acids is 4. The van der Waals surface area contributed by atoms with Gasteiger partial charge in [0.15, 0.2) is 0 Å². The highest BCUT2D eigenvalue weighted by atomic mass is 19.3. The SMILES string of the molecule is CC(C)Oc1ccc2c(c1)C(c1cc(N3CCN(CC(F)(F)C4CCN(CC5CCN(c6ccc7c(c6)C(=O)N(C6CCC(=O)NC6=O)C7=O)CC5)CC4)CC3)ncn1)=NC2. The maximum absolute atomic E-state index is 15.8. The number of fused-ring (bicyclic) bond motifs is 2. The van der Waals surface area contributed by atoms with Gasteiger partial charge in [-0.25, -0.2) is 18.7 Å². The van der Waals surface area contributed by atoms with Gasteiger partial charge in [0, 0.05) is 75.5 Å². The van der Waals surface area contributed by atoms with Crippen LogP contribution in [0.3, 0.4) is 0 Å². The van der Waals surface area contributed by atoms with E-state index in [1.165, 1.54) is 0 Å². The molecule has 4 fully saturated rings. The standard InChI is InChI=1S/C45H53F2N9O5/c1-28(2)61-33-5-3-30-24-48-41(35(30)22-33)37-23-39(50-27-49-37)55-19-17-53(18-20-55)26-45(46,47)31-11-13-52(14-12-31)25-29-9-15-54(16-10-29)32-4-6-34-36(21-32)44(60)56(43(34)59)38-7-8-40(57)51-42(38)58/h3-6,21-23,27-29,31,38H,7-20,24-26H2,1-2H3,(H,51,57,58). The van der Waals surface area contributed by atoms with Crippen molar-refractivity contribution >= 4 is 40.8 Å². The van der Waals surface area contributed by atoms with E-state index in [4.69, 9.17) is 9.73 Å². The number of aliphatic imine (C=N–C) groups is 1. The average molecular weight is 838 g/mol. The van der Waals surface area contributed by atoms with Crippen molar-refractivity contribution in [3.05, 3.63) is 76.7 Å². The number of halogens is 2. The first kappa shape index (κ1) is 41.0. The van der Waals surface area contributed by atoms with E-state index in [0.29, 0.717) is 64.6 Å². The molecule has 2 aromatic carbocycles. The number of nitrogens with zero attached hydrogens (tertiary/aromatic N) is 8. The monoisotopic (exact) mass is 837 g/mol. The first-order valence-electron chi connectivity index (χ1n) is 21.7. The average Bonchev–Trinajstić information content (AvgIpc) is 3.78. The van der Waals surface area contributed by atoms with Gasteiger partial charge in [-0.3, -0.25) is 39.3 Å². The molecule has 7 heterocycles. The molecule has 0 spiro atoms. The zero-order valence-corrected chi connectivity index (χ0v) is 34.8. The first-order chi connectivity index (χ1) is 29.4. The second-order valence-corrected chi connectivity index (χ2v) is 17.6. The third-order valence-electron chi connectivity index (χ3n) is 13.2. The van der Waals surface area contributed by atoms with Crippen LogP contribution in [0.5, 0.6) is 5.75 Å². The van der Waals surface area contributed by atoms with Crippen LogP contribution in [0.15, 0.2) is 53.8 Å². The fourth-order valence-corrected chi connectivity index (χ4v) is 9.87. The van der Waals surface area contributed by atoms with E-state index in [1.807, 2.05) is 43.0 Å². The molecule has 6 aliphatic rings. The third-order valence-corrected chi connectivity index (χ3v) is 13.2. The van der Waals surface area contributed by atoms with Crippen molar-refractivity contribution in [3.8, 4) is 5.75 Å². The molecule has 1 atom stereocenters. The summed E-state index contributed by atoms with van der Waals surface area (Å²) in [6, 6.07) is 12.3. The van der Waals surface area contributed by atoms with Gasteiger partial charge in [-0.2, -0.15) is 0 Å². The number of anilines is 2. The number of imide groups is 2. The zero-order chi connectivity index (χ0) is 42.4. The lowest BCUT2D eigenvalue weighted by molar-refractivity contribution is -0.136. The number of amides is 4. The number of rotatable bonds is 11. The smallest absolute Gasteiger partial charge is 0.263 e. The molecule has 0 aliphatic carbocycles. The van der Waals surface area contributed by atoms with Crippen molar-refractivity contribution in [2.75, 3.05) is 75.2 Å². The van der Waals surface area contributed by atoms with Crippen LogP contribution in [-0.4, -0.2) is 138 Å². The molecule has 9 rings (SSSR count). The maximum Gasteiger partial charge on any atom is 0.263 e. The van der Waals surface area contributed by atoms with Crippen LogP contribution in [-0.2, 0) is 16.1 Å². The van der Waals surface area contributed by atoms with Crippen molar-refractivity contribution in [3.63, 3.8) is 0 Å². The highest BCUT2D eigenvalue weighted by Gasteiger charge is 2.46. The number of nitrogens with one attached hydrogen (secondary N) is 1. The van der Waals surface area contributed by atoms with Crippen molar-refractivity contribution in [2.24, 2.45) is 16.8 Å². The number of likely N-dealkylation sites (tertiary alicyclic amines) is 1. The number of benzene rings is 2. The van der Waals surface area contributed by atoms with Gasteiger partial charge in [-0.15, -0.1) is 0 Å². The summed E-state index contributed by atoms with van der Waals surface area (Å²) in [6.45, 7) is 10.4. The normalized spacial score (nSPS) is 22.2. The molecule has 4 amide bonds. The summed E-state index contributed by atoms with van der Waals surface area (Å²) >= 11 is 0. The molecule has 1 unspecified atom stereocenters. The Kier molecular flexibility index (Phi) is 11.3. The van der Waals surface area contributed by atoms with Crippen molar-refractivity contribution in [2.45, 2.75) is 77.0 Å². The van der Waals surface area contributed by atoms with E-state index in [0.717, 1.165) is 77.2 Å². The van der Waals surface area contributed by atoms with Gasteiger partial charge in [0.2, 0.25) is 11.8 Å². The lowest BCUT2D eigenvalue weighted by atomic mass is 9.88. The van der Waals surface area contributed by atoms with Crippen LogP contribution >= 0.6 is 0 Å². The Morgan fingerprint density at radius 1 is 0.787 bits per heavy atom. The van der Waals surface area contributed by atoms with Gasteiger partial charge in [-0.1, -0.05) is 6.07 Å². The number of ether oxygens (including phenoxy) is 1. The molecule has 3 aromatic rings. The van der Waals surface area contributed by atoms with Gasteiger partial charge in [0.05, 0.1) is 41.7 Å². The zero-order valence-electron chi connectivity index (χ0n) is 34.8. The maximum atomic E-state index is 15.8. The summed E-state index contributed by atoms with van der Waals surface area (Å²) in [6.07, 6.45) is 4.63. The van der Waals surface area contributed by atoms with Crippen molar-refractivity contribution in [1.29, 1.82) is 0 Å². The molecule has 322 valence electrons. The molecule has 0 saturated carbocycles. The Balaban J connectivity index is 0.717. The summed E-state index contributed by atoms with van der Waals surface area (Å²) in [5, 5.41) is 2.23. The fraction of sp³-hybridized carbons (Fsp3) is 0.533. The summed E-state index contributed by atoms with van der Waals surface area (Å²) in [5.41, 5.74) is 5.10. The molecule has 1 N–H and O–H groups in total. The second kappa shape index (κ2) is 16.8. The van der Waals surface area contributed by atoms with Crippen molar-refractivity contribution in [1.82, 2.24) is 30.0 Å². The number of piperidine rings is 3. The van der Waals surface area contributed by atoms with E-state index in [-0.39, 0.29) is 36.6 Å². The number of alkyl halides is 2. The summed E-state index contributed by atoms with van der Waals surface area (Å²) in [7, 11) is 0. The summed E-state index contributed by atoms with van der Waals surface area (Å²) < 4.78 is 37.6. The minimum Gasteiger partial charge on any atom is -0.491 e. The van der Waals surface area contributed by atoms with Crippen LogP contribution in [0.1, 0.15) is 89.9 Å². The van der Waals surface area contributed by atoms with Crippen LogP contribution in [0.4, 0.5) is 20.3 Å². The van der Waals surface area contributed by atoms with Gasteiger partial charge < -0.3 is 19.4 Å². The van der Waals surface area contributed by atoms with Crippen LogP contribution < -0.4 is 19.9 Å². The van der Waals surface area contributed by atoms with Gasteiger partial charge >= 0.3 is 0 Å². The van der Waals surface area contributed by atoms with E-state index in [2.05, 4.69) is 36.1 Å². The highest BCUT2D eigenvalue weighted by Crippen LogP contribution is 2.36. The Morgan fingerprint density at radius 3 is 2.28 bits per heavy atom. The highest BCUT2D eigenvalue weighted by molar-refractivity contribution is 6.23. The Morgan fingerprint density at radius 2 is 1.54 bits per heavy atom. The van der Waals surface area contributed by atoms with Crippen molar-refractivity contribution < 1.29 is 32.7 Å². The van der Waals surface area contributed by atoms with Gasteiger partial charge in [-0.05, 0) is 101 Å². The lowest BCUT2D eigenvalue weighted by Crippen LogP contribution is -2.54. The number of carbonyl (C=O) groups is 4. The molecule has 14 nitrogen and oxygen atoms in total. The van der Waals surface area contributed by atoms with E-state index in [1.54, 1.807) is 18.5 Å². The molecule has 0 bridgehead atoms. The quantitative estimate of drug-likeness (QED) is 0.275. The molecule has 16 heteroatoms. The Labute approximate surface area is 354 Å². The predicted molar refractivity (Wildman–Crippen MR) is 224 cm³/mol. The minimum atomic E-state index is -2.77. The third kappa shape index (κ3) is 8.48. The second-order valence-electron chi connectivity index (χ2n) is 17.6. The fourth-order valence-electron chi connectivity index (χ4n) is 9.87. The number of piperazine rings is 1. The molecule has 61 heavy (non-hydrogen) atoms. The number of hydrogen-bond donors (Lipinski definition) is 1. The number of aromatic nitrogens is 2. The van der Waals surface area contributed by atoms with Gasteiger partial charge in [0.1, 0.15) is 23.9 Å². The lowest BCUT2D eigenvalue weighted by Gasteiger charge is -2.42. The topological polar surface area (TPSA) is 144 Å². The Hall–Kier alpha value is -5.35. The predicted octanol–water partition coefficient (Wildman–Crippen LogP) is 4.40. The number of hydrogen-bond acceptors (Lipinski definition) is 12. The van der Waals surface area contributed by atoms with Crippen LogP contribution in [0.2, 0.25) is 0 Å². The summed E-state index contributed by atoms with van der Waals surface area (Å²) in [4.78, 5) is 74.0. The van der Waals surface area contributed by atoms with Crippen LogP contribution in [0, 0.1) is 11.8 Å². The Bertz CT molecular complexity index is 2230. The summed E-state index contributed by atoms with van der Waals surface area (Å²) in [5.74, 6) is -3.45. The molecular formula is C45H53F2N9O5. The van der Waals surface area contributed by atoms with Crippen LogP contribution in [0.25, 0.3) is 0 Å². The van der Waals surface area contributed by atoms with Gasteiger partial charge in [0.25, 0.3) is 17.7 Å². The van der Waals surface area contributed by atoms with E-state index < -0.39 is 41.5 Å². The largest absolute Gasteiger partial charge is 0.491 e. The molecular weight excluding hydrogens is 785 g/mol. The molecule has 4 saturated heterocycles. The van der Waals surface area contributed by atoms with E-state index in [9.17, 15) is 19.2 Å². The molecule has 0 radical (unpaired) electrons. The molecule has 1 aromatic heterocycles. The molecule has 6 aliphatic heterocycles. The minimum absolute atomic E-state index is 0.0631. The van der Waals surface area contributed by atoms with E-state index >= 15 is 8.78 Å². The first-order valence-corrected chi connectivity index (χ1v) is 21.7.